The van der Waals surface area contributed by atoms with E-state index in [0.717, 1.165) is 33.2 Å². The molecule has 0 amide bonds. The van der Waals surface area contributed by atoms with Gasteiger partial charge in [-0.2, -0.15) is 0 Å². The second-order valence-corrected chi connectivity index (χ2v) is 6.01. The van der Waals surface area contributed by atoms with Crippen molar-refractivity contribution < 1.29 is 9.53 Å². The summed E-state index contributed by atoms with van der Waals surface area (Å²) in [4.78, 5) is 16.0. The minimum atomic E-state index is -0.352. The first-order valence-corrected chi connectivity index (χ1v) is 7.99. The van der Waals surface area contributed by atoms with E-state index < -0.39 is 0 Å². The summed E-state index contributed by atoms with van der Waals surface area (Å²) >= 11 is 0. The van der Waals surface area contributed by atoms with Crippen molar-refractivity contribution in [3.8, 4) is 17.0 Å². The standard InChI is InChI=1S/C20H17N3O2/c1-12-5-3-4-6-16(12)18-19(21)23-10-9-14-7-8-15(25-13(2)24)11-17(14)20(23)22-18/h3-11H,21H2,1-2H3. The predicted molar refractivity (Wildman–Crippen MR) is 98.6 cm³/mol. The summed E-state index contributed by atoms with van der Waals surface area (Å²) in [6, 6.07) is 15.5. The zero-order valence-electron chi connectivity index (χ0n) is 14.0. The van der Waals surface area contributed by atoms with Gasteiger partial charge in [-0.1, -0.05) is 30.3 Å². The molecule has 5 heteroatoms. The lowest BCUT2D eigenvalue weighted by molar-refractivity contribution is -0.131. The zero-order valence-corrected chi connectivity index (χ0v) is 14.0. The van der Waals surface area contributed by atoms with Crippen LogP contribution in [0.15, 0.2) is 54.7 Å². The number of ether oxygens (including phenoxy) is 1. The van der Waals surface area contributed by atoms with Crippen molar-refractivity contribution in [3.63, 3.8) is 0 Å². The van der Waals surface area contributed by atoms with Gasteiger partial charge in [0.1, 0.15) is 22.9 Å². The number of carbonyl (C=O) groups is 1. The van der Waals surface area contributed by atoms with E-state index in [1.54, 1.807) is 6.07 Å². The second kappa shape index (κ2) is 5.63. The molecule has 0 aliphatic heterocycles. The predicted octanol–water partition coefficient (Wildman–Crippen LogP) is 3.97. The fraction of sp³-hybridized carbons (Fsp3) is 0.100. The highest BCUT2D eigenvalue weighted by molar-refractivity contribution is 5.97. The third kappa shape index (κ3) is 2.50. The monoisotopic (exact) mass is 331 g/mol. The highest BCUT2D eigenvalue weighted by atomic mass is 16.5. The molecule has 4 rings (SSSR count). The molecule has 2 N–H and O–H groups in total. The first-order valence-electron chi connectivity index (χ1n) is 7.99. The normalized spacial score (nSPS) is 11.1. The lowest BCUT2D eigenvalue weighted by atomic mass is 10.1. The molecule has 0 aliphatic rings. The Bertz CT molecular complexity index is 1130. The van der Waals surface area contributed by atoms with Crippen molar-refractivity contribution >= 4 is 28.2 Å². The van der Waals surface area contributed by atoms with Gasteiger partial charge in [0.15, 0.2) is 0 Å². The lowest BCUT2D eigenvalue weighted by Gasteiger charge is -2.05. The summed E-state index contributed by atoms with van der Waals surface area (Å²) < 4.78 is 7.07. The van der Waals surface area contributed by atoms with Crippen LogP contribution >= 0.6 is 0 Å². The van der Waals surface area contributed by atoms with Crippen LogP contribution in [0.25, 0.3) is 27.7 Å². The van der Waals surface area contributed by atoms with Crippen molar-refractivity contribution in [1.29, 1.82) is 0 Å². The molecule has 0 atom stereocenters. The average Bonchev–Trinajstić information content (AvgIpc) is 2.92. The van der Waals surface area contributed by atoms with Gasteiger partial charge in [-0.15, -0.1) is 0 Å². The van der Waals surface area contributed by atoms with E-state index in [-0.39, 0.29) is 5.97 Å². The van der Waals surface area contributed by atoms with E-state index in [2.05, 4.69) is 0 Å². The Morgan fingerprint density at radius 3 is 2.72 bits per heavy atom. The molecule has 124 valence electrons. The number of hydrogen-bond donors (Lipinski definition) is 1. The molecule has 0 aliphatic carbocycles. The summed E-state index contributed by atoms with van der Waals surface area (Å²) in [5, 5.41) is 1.89. The minimum absolute atomic E-state index is 0.352. The van der Waals surface area contributed by atoms with Gasteiger partial charge in [0.05, 0.1) is 0 Å². The van der Waals surface area contributed by atoms with Crippen molar-refractivity contribution in [2.75, 3.05) is 5.73 Å². The molecule has 0 saturated heterocycles. The quantitative estimate of drug-likeness (QED) is 0.446. The maximum Gasteiger partial charge on any atom is 0.308 e. The zero-order chi connectivity index (χ0) is 17.6. The van der Waals surface area contributed by atoms with Crippen LogP contribution in [0.4, 0.5) is 5.82 Å². The molecule has 2 aromatic heterocycles. The highest BCUT2D eigenvalue weighted by Gasteiger charge is 2.15. The molecule has 0 spiro atoms. The molecule has 0 saturated carbocycles. The Morgan fingerprint density at radius 1 is 1.16 bits per heavy atom. The van der Waals surface area contributed by atoms with E-state index in [0.29, 0.717) is 11.6 Å². The fourth-order valence-corrected chi connectivity index (χ4v) is 3.08. The summed E-state index contributed by atoms with van der Waals surface area (Å²) in [5.74, 6) is 0.728. The topological polar surface area (TPSA) is 69.6 Å². The number of benzene rings is 2. The summed E-state index contributed by atoms with van der Waals surface area (Å²) in [6.07, 6.45) is 1.91. The van der Waals surface area contributed by atoms with Gasteiger partial charge >= 0.3 is 5.97 Å². The molecule has 0 unspecified atom stereocenters. The molecule has 5 nitrogen and oxygen atoms in total. The molecule has 0 fully saturated rings. The van der Waals surface area contributed by atoms with Gasteiger partial charge in [0, 0.05) is 24.1 Å². The summed E-state index contributed by atoms with van der Waals surface area (Å²) in [7, 11) is 0. The Balaban J connectivity index is 2.00. The third-order valence-corrected chi connectivity index (χ3v) is 4.28. The van der Waals surface area contributed by atoms with E-state index >= 15 is 0 Å². The number of hydrogen-bond acceptors (Lipinski definition) is 4. The minimum Gasteiger partial charge on any atom is -0.427 e. The highest BCUT2D eigenvalue weighted by Crippen LogP contribution is 2.32. The largest absolute Gasteiger partial charge is 0.427 e. The van der Waals surface area contributed by atoms with Gasteiger partial charge in [0.2, 0.25) is 0 Å². The van der Waals surface area contributed by atoms with Gasteiger partial charge in [-0.05, 0) is 36.1 Å². The van der Waals surface area contributed by atoms with Gasteiger partial charge in [0.25, 0.3) is 0 Å². The van der Waals surface area contributed by atoms with Crippen molar-refractivity contribution in [2.45, 2.75) is 13.8 Å². The average molecular weight is 331 g/mol. The Labute approximate surface area is 144 Å². The van der Waals surface area contributed by atoms with Crippen LogP contribution in [0.1, 0.15) is 12.5 Å². The Kier molecular flexibility index (Phi) is 3.42. The maximum atomic E-state index is 11.2. The molecule has 25 heavy (non-hydrogen) atoms. The summed E-state index contributed by atoms with van der Waals surface area (Å²) in [6.45, 7) is 3.42. The number of imidazole rings is 1. The van der Waals surface area contributed by atoms with E-state index in [9.17, 15) is 4.79 Å². The molecule has 0 bridgehead atoms. The molecular weight excluding hydrogens is 314 g/mol. The maximum absolute atomic E-state index is 11.2. The third-order valence-electron chi connectivity index (χ3n) is 4.28. The number of pyridine rings is 1. The number of carbonyl (C=O) groups excluding carboxylic acids is 1. The Hall–Kier alpha value is -3.34. The molecule has 0 radical (unpaired) electrons. The summed E-state index contributed by atoms with van der Waals surface area (Å²) in [5.41, 5.74) is 9.98. The van der Waals surface area contributed by atoms with E-state index in [4.69, 9.17) is 15.5 Å². The molecule has 2 aromatic carbocycles. The van der Waals surface area contributed by atoms with Crippen LogP contribution in [0.2, 0.25) is 0 Å². The van der Waals surface area contributed by atoms with Gasteiger partial charge < -0.3 is 10.5 Å². The van der Waals surface area contributed by atoms with Crippen LogP contribution in [0, 0.1) is 6.92 Å². The van der Waals surface area contributed by atoms with Crippen molar-refractivity contribution in [1.82, 2.24) is 9.38 Å². The number of nitrogen functional groups attached to an aromatic ring is 1. The number of aryl methyl sites for hydroxylation is 1. The van der Waals surface area contributed by atoms with Crippen LogP contribution in [0.5, 0.6) is 5.75 Å². The molecule has 2 heterocycles. The number of esters is 1. The number of nitrogens with two attached hydrogens (primary N) is 1. The van der Waals surface area contributed by atoms with Crippen LogP contribution in [-0.4, -0.2) is 15.4 Å². The molecule has 4 aromatic rings. The van der Waals surface area contributed by atoms with E-state index in [1.807, 2.05) is 60.0 Å². The smallest absolute Gasteiger partial charge is 0.308 e. The molecular formula is C20H17N3O2. The SMILES string of the molecule is CC(=O)Oc1ccc2ccn3c(N)c(-c4ccccc4C)nc3c2c1. The fourth-order valence-electron chi connectivity index (χ4n) is 3.08. The van der Waals surface area contributed by atoms with Crippen LogP contribution < -0.4 is 10.5 Å². The number of fused-ring (bicyclic) bond motifs is 3. The second-order valence-electron chi connectivity index (χ2n) is 6.01. The Morgan fingerprint density at radius 2 is 1.96 bits per heavy atom. The van der Waals surface area contributed by atoms with Crippen molar-refractivity contribution in [2.24, 2.45) is 0 Å². The van der Waals surface area contributed by atoms with Crippen LogP contribution in [-0.2, 0) is 4.79 Å². The first-order chi connectivity index (χ1) is 12.0. The number of nitrogens with zero attached hydrogens (tertiary/aromatic N) is 2. The number of anilines is 1. The van der Waals surface area contributed by atoms with Crippen molar-refractivity contribution in [3.05, 3.63) is 60.3 Å². The first kappa shape index (κ1) is 15.2. The number of aromatic nitrogens is 2. The van der Waals surface area contributed by atoms with Gasteiger partial charge in [-0.3, -0.25) is 9.20 Å². The number of rotatable bonds is 2. The van der Waals surface area contributed by atoms with Gasteiger partial charge in [-0.25, -0.2) is 4.98 Å². The van der Waals surface area contributed by atoms with E-state index in [1.165, 1.54) is 6.92 Å². The van der Waals surface area contributed by atoms with Crippen LogP contribution in [0.3, 0.4) is 0 Å². The lowest BCUT2D eigenvalue weighted by Crippen LogP contribution is -2.01.